The molecule has 0 aromatic heterocycles. The molecule has 0 bridgehead atoms. The van der Waals surface area contributed by atoms with Crippen molar-refractivity contribution in [3.8, 4) is 5.75 Å². The third-order valence-corrected chi connectivity index (χ3v) is 3.74. The van der Waals surface area contributed by atoms with Gasteiger partial charge in [0.25, 0.3) is 0 Å². The molecule has 4 nitrogen and oxygen atoms in total. The highest BCUT2D eigenvalue weighted by molar-refractivity contribution is 6.30. The molecule has 0 saturated heterocycles. The van der Waals surface area contributed by atoms with Crippen LogP contribution in [0.5, 0.6) is 5.75 Å². The summed E-state index contributed by atoms with van der Waals surface area (Å²) in [6.07, 6.45) is -0.171. The van der Waals surface area contributed by atoms with E-state index in [4.69, 9.17) is 21.1 Å². The molecule has 128 valence electrons. The maximum Gasteiger partial charge on any atom is 0.344 e. The van der Waals surface area contributed by atoms with Gasteiger partial charge in [0.2, 0.25) is 0 Å². The van der Waals surface area contributed by atoms with Gasteiger partial charge in [-0.3, -0.25) is 0 Å². The fourth-order valence-electron chi connectivity index (χ4n) is 2.48. The lowest BCUT2D eigenvalue weighted by atomic mass is 10.2. The number of rotatable bonds is 8. The van der Waals surface area contributed by atoms with E-state index in [1.54, 1.807) is 24.3 Å². The molecule has 0 fully saturated rings. The summed E-state index contributed by atoms with van der Waals surface area (Å²) in [6, 6.07) is 17.1. The molecule has 1 N–H and O–H groups in total. The molecule has 0 saturated carbocycles. The Morgan fingerprint density at radius 2 is 1.79 bits per heavy atom. The lowest BCUT2D eigenvalue weighted by Gasteiger charge is -2.19. The summed E-state index contributed by atoms with van der Waals surface area (Å²) in [4.78, 5) is 13.1. The van der Waals surface area contributed by atoms with Crippen molar-refractivity contribution in [3.05, 3.63) is 65.2 Å². The average Bonchev–Trinajstić information content (AvgIpc) is 2.55. The first-order valence-electron chi connectivity index (χ1n) is 7.96. The van der Waals surface area contributed by atoms with Crippen LogP contribution in [0, 0.1) is 0 Å². The smallest absolute Gasteiger partial charge is 0.344 e. The van der Waals surface area contributed by atoms with E-state index in [1.807, 2.05) is 25.1 Å². The van der Waals surface area contributed by atoms with Crippen LogP contribution in [0.2, 0.25) is 5.02 Å². The molecule has 5 heteroatoms. The van der Waals surface area contributed by atoms with E-state index in [1.165, 1.54) is 10.5 Å². The van der Waals surface area contributed by atoms with Gasteiger partial charge in [-0.2, -0.15) is 0 Å². The topological polar surface area (TPSA) is 40.0 Å². The summed E-state index contributed by atoms with van der Waals surface area (Å²) in [5, 5.41) is 0.628. The Balaban J connectivity index is 1.70. The maximum atomic E-state index is 11.9. The first-order valence-corrected chi connectivity index (χ1v) is 8.34. The minimum absolute atomic E-state index is 0.107. The fourth-order valence-corrected chi connectivity index (χ4v) is 2.61. The number of quaternary nitrogens is 1. The Morgan fingerprint density at radius 3 is 2.46 bits per heavy atom. The zero-order valence-electron chi connectivity index (χ0n) is 14.0. The highest BCUT2D eigenvalue weighted by atomic mass is 35.5. The molecule has 24 heavy (non-hydrogen) atoms. The molecule has 2 atom stereocenters. The van der Waals surface area contributed by atoms with E-state index >= 15 is 0 Å². The monoisotopic (exact) mass is 348 g/mol. The molecular weight excluding hydrogens is 326 g/mol. The molecular formula is C19H23ClNO3+. The van der Waals surface area contributed by atoms with Crippen LogP contribution in [-0.2, 0) is 16.1 Å². The van der Waals surface area contributed by atoms with E-state index in [0.29, 0.717) is 10.8 Å². The second-order valence-electron chi connectivity index (χ2n) is 5.87. The van der Waals surface area contributed by atoms with Crippen LogP contribution < -0.4 is 9.64 Å². The predicted molar refractivity (Wildman–Crippen MR) is 94.4 cm³/mol. The van der Waals surface area contributed by atoms with Crippen molar-refractivity contribution in [1.82, 2.24) is 0 Å². The van der Waals surface area contributed by atoms with Gasteiger partial charge < -0.3 is 14.4 Å². The van der Waals surface area contributed by atoms with Gasteiger partial charge in [0.05, 0.1) is 7.05 Å². The Labute approximate surface area is 147 Å². The summed E-state index contributed by atoms with van der Waals surface area (Å²) in [5.41, 5.74) is 1.26. The van der Waals surface area contributed by atoms with Crippen molar-refractivity contribution in [2.24, 2.45) is 0 Å². The predicted octanol–water partition coefficient (Wildman–Crippen LogP) is 2.37. The summed E-state index contributed by atoms with van der Waals surface area (Å²) < 4.78 is 10.8. The zero-order chi connectivity index (χ0) is 17.4. The highest BCUT2D eigenvalue weighted by Crippen LogP contribution is 2.15. The summed E-state index contributed by atoms with van der Waals surface area (Å²) in [7, 11) is 2.08. The molecule has 1 unspecified atom stereocenters. The van der Waals surface area contributed by atoms with E-state index in [-0.39, 0.29) is 18.7 Å². The molecule has 0 aliphatic rings. The second kappa shape index (κ2) is 9.30. The Morgan fingerprint density at radius 1 is 1.12 bits per heavy atom. The van der Waals surface area contributed by atoms with Crippen molar-refractivity contribution in [1.29, 1.82) is 0 Å². The van der Waals surface area contributed by atoms with Crippen LogP contribution in [0.15, 0.2) is 54.6 Å². The Bertz CT molecular complexity index is 631. The number of likely N-dealkylation sites (N-methyl/N-ethyl adjacent to an activating group) is 1. The third kappa shape index (κ3) is 6.60. The van der Waals surface area contributed by atoms with Gasteiger partial charge in [-0.25, -0.2) is 4.79 Å². The second-order valence-corrected chi connectivity index (χ2v) is 6.30. The summed E-state index contributed by atoms with van der Waals surface area (Å²) in [6.45, 7) is 3.42. The van der Waals surface area contributed by atoms with Crippen LogP contribution >= 0.6 is 11.6 Å². The molecule has 0 aliphatic carbocycles. The Kier molecular flexibility index (Phi) is 7.09. The quantitative estimate of drug-likeness (QED) is 0.744. The largest absolute Gasteiger partial charge is 0.482 e. The van der Waals surface area contributed by atoms with Crippen LogP contribution in [0.3, 0.4) is 0 Å². The Hall–Kier alpha value is -2.04. The number of hydrogen-bond donors (Lipinski definition) is 1. The number of carbonyl (C=O) groups is 1. The van der Waals surface area contributed by atoms with Crippen LogP contribution in [0.25, 0.3) is 0 Å². The van der Waals surface area contributed by atoms with Crippen molar-refractivity contribution in [2.75, 3.05) is 20.2 Å². The van der Waals surface area contributed by atoms with Crippen LogP contribution in [0.4, 0.5) is 0 Å². The standard InChI is InChI=1S/C19H22ClNO3/c1-15(12-21(2)13-16-6-4-3-5-7-16)24-19(22)14-23-18-10-8-17(20)9-11-18/h3-11,15H,12-14H2,1-2H3/p+1/t15-/m0/s1. The van der Waals surface area contributed by atoms with Gasteiger partial charge in [0.15, 0.2) is 6.61 Å². The minimum Gasteiger partial charge on any atom is -0.482 e. The van der Waals surface area contributed by atoms with Crippen molar-refractivity contribution in [2.45, 2.75) is 19.6 Å². The van der Waals surface area contributed by atoms with E-state index in [0.717, 1.165) is 13.1 Å². The van der Waals surface area contributed by atoms with Crippen LogP contribution in [-0.4, -0.2) is 32.3 Å². The number of halogens is 1. The first-order chi connectivity index (χ1) is 11.5. The summed E-state index contributed by atoms with van der Waals surface area (Å²) in [5.74, 6) is 0.223. The molecule has 0 aliphatic heterocycles. The fraction of sp³-hybridized carbons (Fsp3) is 0.316. The van der Waals surface area contributed by atoms with E-state index < -0.39 is 0 Å². The van der Waals surface area contributed by atoms with Crippen molar-refractivity contribution < 1.29 is 19.2 Å². The highest BCUT2D eigenvalue weighted by Gasteiger charge is 2.15. The lowest BCUT2D eigenvalue weighted by Crippen LogP contribution is -3.08. The van der Waals surface area contributed by atoms with E-state index in [2.05, 4.69) is 19.2 Å². The number of nitrogens with one attached hydrogen (secondary N) is 1. The molecule has 0 amide bonds. The van der Waals surface area contributed by atoms with Gasteiger partial charge in [-0.05, 0) is 31.2 Å². The van der Waals surface area contributed by atoms with Gasteiger partial charge >= 0.3 is 5.97 Å². The number of esters is 1. The SMILES string of the molecule is C[C@@H](C[NH+](C)Cc1ccccc1)OC(=O)COc1ccc(Cl)cc1. The minimum atomic E-state index is -0.370. The van der Waals surface area contributed by atoms with Crippen molar-refractivity contribution >= 4 is 17.6 Å². The average molecular weight is 349 g/mol. The number of hydrogen-bond acceptors (Lipinski definition) is 3. The molecule has 0 spiro atoms. The molecule has 2 rings (SSSR count). The molecule has 2 aromatic rings. The maximum absolute atomic E-state index is 11.9. The van der Waals surface area contributed by atoms with Crippen molar-refractivity contribution in [3.63, 3.8) is 0 Å². The molecule has 2 aromatic carbocycles. The number of ether oxygens (including phenoxy) is 2. The molecule has 0 radical (unpaired) electrons. The molecule has 0 heterocycles. The van der Waals surface area contributed by atoms with Gasteiger partial charge in [-0.15, -0.1) is 0 Å². The van der Waals surface area contributed by atoms with Gasteiger partial charge in [0, 0.05) is 10.6 Å². The first kappa shape index (κ1) is 18.3. The van der Waals surface area contributed by atoms with Crippen LogP contribution in [0.1, 0.15) is 12.5 Å². The third-order valence-electron chi connectivity index (χ3n) is 3.49. The normalized spacial score (nSPS) is 13.1. The summed E-state index contributed by atoms with van der Waals surface area (Å²) >= 11 is 5.80. The number of benzene rings is 2. The lowest BCUT2D eigenvalue weighted by molar-refractivity contribution is -0.896. The number of carbonyl (C=O) groups excluding carboxylic acids is 1. The zero-order valence-corrected chi connectivity index (χ0v) is 14.8. The van der Waals surface area contributed by atoms with Gasteiger partial charge in [-0.1, -0.05) is 41.9 Å². The van der Waals surface area contributed by atoms with Gasteiger partial charge in [0.1, 0.15) is 24.9 Å². The van der Waals surface area contributed by atoms with E-state index in [9.17, 15) is 4.79 Å².